The molecule has 3 unspecified atom stereocenters. The van der Waals surface area contributed by atoms with Gasteiger partial charge < -0.3 is 9.84 Å². The topological polar surface area (TPSA) is 29.5 Å². The molecule has 0 aromatic heterocycles. The molecule has 0 amide bonds. The van der Waals surface area contributed by atoms with E-state index in [2.05, 4.69) is 4.74 Å². The summed E-state index contributed by atoms with van der Waals surface area (Å²) >= 11 is 0. The van der Waals surface area contributed by atoms with Crippen LogP contribution in [-0.4, -0.2) is 47.1 Å². The monoisotopic (exact) mass is 440 g/mol. The van der Waals surface area contributed by atoms with Crippen LogP contribution in [0.3, 0.4) is 0 Å². The van der Waals surface area contributed by atoms with Gasteiger partial charge in [0, 0.05) is 12.3 Å². The zero-order valence-corrected chi connectivity index (χ0v) is 13.4. The predicted octanol–water partition coefficient (Wildman–Crippen LogP) is 5.08. The molecule has 2 bridgehead atoms. The quantitative estimate of drug-likeness (QED) is 0.489. The minimum atomic E-state index is -6.88. The first kappa shape index (κ1) is 23.1. The number of rotatable bonds is 4. The molecule has 1 fully saturated rings. The van der Waals surface area contributed by atoms with E-state index in [9.17, 15) is 52.7 Å². The van der Waals surface area contributed by atoms with Gasteiger partial charge in [-0.3, -0.25) is 0 Å². The number of fused-ring (bicyclic) bond motifs is 2. The van der Waals surface area contributed by atoms with Crippen molar-refractivity contribution in [3.05, 3.63) is 12.2 Å². The third-order valence-electron chi connectivity index (χ3n) is 4.93. The molecule has 0 aromatic carbocycles. The maximum atomic E-state index is 13.4. The second-order valence-electron chi connectivity index (χ2n) is 6.79. The van der Waals surface area contributed by atoms with Gasteiger partial charge in [0.25, 0.3) is 11.2 Å². The van der Waals surface area contributed by atoms with E-state index in [0.717, 1.165) is 0 Å². The minimum absolute atomic E-state index is 0.0548. The Hall–Kier alpha value is -1.18. The van der Waals surface area contributed by atoms with Crippen molar-refractivity contribution in [1.82, 2.24) is 0 Å². The Kier molecular flexibility index (Phi) is 5.29. The van der Waals surface area contributed by atoms with Crippen molar-refractivity contribution in [2.75, 3.05) is 0 Å². The van der Waals surface area contributed by atoms with E-state index < -0.39 is 66.7 Å². The summed E-state index contributed by atoms with van der Waals surface area (Å²) in [6, 6.07) is 0. The highest BCUT2D eigenvalue weighted by atomic mass is 19.4. The summed E-state index contributed by atoms with van der Waals surface area (Å²) in [5.74, 6) is -1.53. The van der Waals surface area contributed by atoms with Crippen LogP contribution in [0.25, 0.3) is 0 Å². The highest BCUT2D eigenvalue weighted by Crippen LogP contribution is 2.58. The lowest BCUT2D eigenvalue weighted by Crippen LogP contribution is -2.69. The van der Waals surface area contributed by atoms with Crippen LogP contribution < -0.4 is 0 Å². The van der Waals surface area contributed by atoms with Crippen LogP contribution in [0.2, 0.25) is 0 Å². The molecule has 2 aliphatic rings. The fourth-order valence-electron chi connectivity index (χ4n) is 3.38. The van der Waals surface area contributed by atoms with E-state index in [-0.39, 0.29) is 6.42 Å². The fourth-order valence-corrected chi connectivity index (χ4v) is 3.38. The van der Waals surface area contributed by atoms with Gasteiger partial charge in [0.05, 0.1) is 6.10 Å². The molecule has 0 aromatic rings. The first-order valence-electron chi connectivity index (χ1n) is 7.60. The first-order valence-corrected chi connectivity index (χ1v) is 7.60. The van der Waals surface area contributed by atoms with Crippen molar-refractivity contribution in [3.63, 3.8) is 0 Å². The van der Waals surface area contributed by atoms with Crippen molar-refractivity contribution in [1.29, 1.82) is 0 Å². The molecule has 0 aliphatic heterocycles. The summed E-state index contributed by atoms with van der Waals surface area (Å²) in [5, 5.41) is 9.01. The zero-order valence-electron chi connectivity index (χ0n) is 13.4. The summed E-state index contributed by atoms with van der Waals surface area (Å²) in [5.41, 5.74) is -12.2. The van der Waals surface area contributed by atoms with E-state index in [1.165, 1.54) is 12.2 Å². The van der Waals surface area contributed by atoms with E-state index in [1.807, 2.05) is 0 Å². The first-order chi connectivity index (χ1) is 12.3. The van der Waals surface area contributed by atoms with Gasteiger partial charge in [-0.05, 0) is 18.8 Å². The van der Waals surface area contributed by atoms with Gasteiger partial charge in [-0.25, -0.2) is 0 Å². The lowest BCUT2D eigenvalue weighted by atomic mass is 9.83. The Balaban J connectivity index is 2.58. The molecule has 0 spiro atoms. The highest BCUT2D eigenvalue weighted by Gasteiger charge is 2.82. The Morgan fingerprint density at radius 1 is 0.714 bits per heavy atom. The highest BCUT2D eigenvalue weighted by molar-refractivity contribution is 5.13. The zero-order chi connectivity index (χ0) is 22.0. The number of alkyl halides is 12. The van der Waals surface area contributed by atoms with Gasteiger partial charge in [0.15, 0.2) is 0 Å². The molecule has 3 atom stereocenters. The molecule has 1 saturated carbocycles. The fraction of sp³-hybridized carbons (Fsp3) is 0.857. The third-order valence-corrected chi connectivity index (χ3v) is 4.93. The smallest absolute Gasteiger partial charge is 0.374 e. The maximum Gasteiger partial charge on any atom is 0.426 e. The molecule has 1 N–H and O–H groups in total. The van der Waals surface area contributed by atoms with Crippen molar-refractivity contribution in [2.24, 2.45) is 11.8 Å². The lowest BCUT2D eigenvalue weighted by molar-refractivity contribution is -0.435. The van der Waals surface area contributed by atoms with Crippen LogP contribution in [-0.2, 0) is 4.74 Å². The van der Waals surface area contributed by atoms with Crippen LogP contribution in [0.4, 0.5) is 52.7 Å². The molecular weight excluding hydrogens is 428 g/mol. The minimum Gasteiger partial charge on any atom is -0.374 e. The number of allylic oxidation sites excluding steroid dienone is 1. The number of halogens is 12. The summed E-state index contributed by atoms with van der Waals surface area (Å²) in [7, 11) is 0. The van der Waals surface area contributed by atoms with Gasteiger partial charge in [0.2, 0.25) is 0 Å². The Morgan fingerprint density at radius 2 is 1.18 bits per heavy atom. The van der Waals surface area contributed by atoms with Crippen LogP contribution >= 0.6 is 0 Å². The lowest BCUT2D eigenvalue weighted by Gasteiger charge is -2.44. The summed E-state index contributed by atoms with van der Waals surface area (Å²) in [4.78, 5) is 0. The van der Waals surface area contributed by atoms with E-state index >= 15 is 0 Å². The SMILES string of the molecule is OC(CC(OC1CC2C=CC1C2)(C(F)(F)F)C(F)(F)F)(C(F)(F)F)C(F)(F)F. The van der Waals surface area contributed by atoms with Gasteiger partial charge in [-0.15, -0.1) is 0 Å². The van der Waals surface area contributed by atoms with Crippen LogP contribution in [0.5, 0.6) is 0 Å². The van der Waals surface area contributed by atoms with Crippen LogP contribution in [0, 0.1) is 11.8 Å². The summed E-state index contributed by atoms with van der Waals surface area (Å²) < 4.78 is 161. The van der Waals surface area contributed by atoms with Crippen molar-refractivity contribution in [3.8, 4) is 0 Å². The molecule has 28 heavy (non-hydrogen) atoms. The van der Waals surface area contributed by atoms with Crippen molar-refractivity contribution in [2.45, 2.75) is 61.3 Å². The second kappa shape index (κ2) is 6.41. The van der Waals surface area contributed by atoms with Crippen molar-refractivity contribution < 1.29 is 62.5 Å². The Morgan fingerprint density at radius 3 is 1.46 bits per heavy atom. The standard InChI is InChI=1S/C14H12F12O2/c15-11(16,17)9(27,12(18,19)20)5-10(13(21,22)23,14(24,25)26)28-8-4-6-1-2-7(8)3-6/h1-2,6-8,27H,3-5H2. The van der Waals surface area contributed by atoms with Crippen LogP contribution in [0.1, 0.15) is 19.3 Å². The number of hydrogen-bond donors (Lipinski definition) is 1. The molecule has 0 heterocycles. The van der Waals surface area contributed by atoms with E-state index in [1.54, 1.807) is 0 Å². The van der Waals surface area contributed by atoms with Crippen LogP contribution in [0.15, 0.2) is 12.2 Å². The molecule has 14 heteroatoms. The van der Waals surface area contributed by atoms with E-state index in [4.69, 9.17) is 5.11 Å². The van der Waals surface area contributed by atoms with Crippen molar-refractivity contribution >= 4 is 0 Å². The number of hydrogen-bond acceptors (Lipinski definition) is 2. The maximum absolute atomic E-state index is 13.4. The third kappa shape index (κ3) is 3.57. The van der Waals surface area contributed by atoms with E-state index in [0.29, 0.717) is 0 Å². The largest absolute Gasteiger partial charge is 0.426 e. The summed E-state index contributed by atoms with van der Waals surface area (Å²) in [6.07, 6.45) is -30.8. The van der Waals surface area contributed by atoms with Gasteiger partial charge in [0.1, 0.15) is 0 Å². The molecule has 2 nitrogen and oxygen atoms in total. The number of aliphatic hydroxyl groups is 1. The Labute approximate surface area is 149 Å². The normalized spacial score (nSPS) is 27.0. The van der Waals surface area contributed by atoms with Gasteiger partial charge in [-0.1, -0.05) is 12.2 Å². The molecule has 0 radical (unpaired) electrons. The molecule has 2 aliphatic carbocycles. The van der Waals surface area contributed by atoms with Gasteiger partial charge in [-0.2, -0.15) is 52.7 Å². The molecule has 0 saturated heterocycles. The number of ether oxygens (including phenoxy) is 1. The average Bonchev–Trinajstić information content (AvgIpc) is 3.03. The predicted molar refractivity (Wildman–Crippen MR) is 66.7 cm³/mol. The molecule has 164 valence electrons. The second-order valence-corrected chi connectivity index (χ2v) is 6.79. The van der Waals surface area contributed by atoms with Gasteiger partial charge >= 0.3 is 24.7 Å². The molecule has 2 rings (SSSR count). The molecular formula is C14H12F12O2. The Bertz CT molecular complexity index is 584. The summed E-state index contributed by atoms with van der Waals surface area (Å²) in [6.45, 7) is 0. The average molecular weight is 440 g/mol.